The van der Waals surface area contributed by atoms with Gasteiger partial charge in [-0.25, -0.2) is 9.78 Å². The topological polar surface area (TPSA) is 86.8 Å². The molecule has 30 heavy (non-hydrogen) atoms. The molecule has 7 nitrogen and oxygen atoms in total. The SMILES string of the molecule is COC(=O)COc1cc(C(=O)Nc2nc3c(ccc4ccccc43)s2)ccc1OC. The largest absolute Gasteiger partial charge is 0.493 e. The lowest BCUT2D eigenvalue weighted by Gasteiger charge is -2.11. The van der Waals surface area contributed by atoms with Crippen molar-refractivity contribution in [2.75, 3.05) is 26.1 Å². The fourth-order valence-corrected chi connectivity index (χ4v) is 3.89. The molecule has 0 spiro atoms. The van der Waals surface area contributed by atoms with Gasteiger partial charge in [-0.15, -0.1) is 0 Å². The van der Waals surface area contributed by atoms with Crippen molar-refractivity contribution in [1.82, 2.24) is 4.98 Å². The van der Waals surface area contributed by atoms with Crippen molar-refractivity contribution in [1.29, 1.82) is 0 Å². The van der Waals surface area contributed by atoms with E-state index in [1.54, 1.807) is 12.1 Å². The first-order valence-corrected chi connectivity index (χ1v) is 9.88. The third-order valence-corrected chi connectivity index (χ3v) is 5.44. The van der Waals surface area contributed by atoms with Crippen LogP contribution in [-0.2, 0) is 9.53 Å². The van der Waals surface area contributed by atoms with E-state index in [0.29, 0.717) is 16.4 Å². The number of fused-ring (bicyclic) bond motifs is 3. The number of amides is 1. The monoisotopic (exact) mass is 422 g/mol. The molecule has 4 aromatic rings. The number of hydrogen-bond acceptors (Lipinski definition) is 7. The van der Waals surface area contributed by atoms with Crippen molar-refractivity contribution >= 4 is 49.3 Å². The van der Waals surface area contributed by atoms with E-state index in [1.807, 2.05) is 36.4 Å². The van der Waals surface area contributed by atoms with Crippen LogP contribution in [0, 0.1) is 0 Å². The molecule has 4 rings (SSSR count). The number of carbonyl (C=O) groups excluding carboxylic acids is 2. The predicted molar refractivity (Wildman–Crippen MR) is 116 cm³/mol. The highest BCUT2D eigenvalue weighted by atomic mass is 32.1. The Bertz CT molecular complexity index is 1250. The number of nitrogens with one attached hydrogen (secondary N) is 1. The second-order valence-electron chi connectivity index (χ2n) is 6.34. The van der Waals surface area contributed by atoms with Crippen LogP contribution in [0.2, 0.25) is 0 Å². The molecule has 0 unspecified atom stereocenters. The summed E-state index contributed by atoms with van der Waals surface area (Å²) in [6, 6.07) is 16.7. The van der Waals surface area contributed by atoms with Crippen molar-refractivity contribution in [3.8, 4) is 11.5 Å². The Balaban J connectivity index is 1.59. The number of hydrogen-bond donors (Lipinski definition) is 1. The highest BCUT2D eigenvalue weighted by Crippen LogP contribution is 2.32. The van der Waals surface area contributed by atoms with Crippen LogP contribution < -0.4 is 14.8 Å². The van der Waals surface area contributed by atoms with Gasteiger partial charge in [0.2, 0.25) is 0 Å². The van der Waals surface area contributed by atoms with Gasteiger partial charge in [-0.1, -0.05) is 41.7 Å². The standard InChI is InChI=1S/C22H18N2O5S/c1-27-16-9-7-14(11-17(16)29-12-19(25)28-2)21(26)24-22-23-20-15-6-4-3-5-13(15)8-10-18(20)30-22/h3-11H,12H2,1-2H3,(H,23,24,26). The summed E-state index contributed by atoms with van der Waals surface area (Å²) in [5.41, 5.74) is 1.20. The molecule has 1 amide bonds. The molecule has 0 fully saturated rings. The van der Waals surface area contributed by atoms with Gasteiger partial charge in [0.15, 0.2) is 23.2 Å². The van der Waals surface area contributed by atoms with Crippen molar-refractivity contribution in [2.24, 2.45) is 0 Å². The molecule has 0 saturated heterocycles. The van der Waals surface area contributed by atoms with Crippen molar-refractivity contribution in [3.63, 3.8) is 0 Å². The Labute approximate surface area is 176 Å². The van der Waals surface area contributed by atoms with Crippen LogP contribution in [-0.4, -0.2) is 37.7 Å². The van der Waals surface area contributed by atoms with Crippen LogP contribution in [0.25, 0.3) is 21.0 Å². The molecule has 8 heteroatoms. The summed E-state index contributed by atoms with van der Waals surface area (Å²) in [4.78, 5) is 28.7. The van der Waals surface area contributed by atoms with Crippen LogP contribution in [0.5, 0.6) is 11.5 Å². The van der Waals surface area contributed by atoms with Crippen LogP contribution in [0.1, 0.15) is 10.4 Å². The molecule has 152 valence electrons. The van der Waals surface area contributed by atoms with Gasteiger partial charge in [-0.05, 0) is 29.7 Å². The molecule has 3 aromatic carbocycles. The van der Waals surface area contributed by atoms with Crippen LogP contribution in [0.3, 0.4) is 0 Å². The van der Waals surface area contributed by atoms with E-state index in [9.17, 15) is 9.59 Å². The maximum atomic E-state index is 12.8. The minimum absolute atomic E-state index is 0.269. The number of aromatic nitrogens is 1. The quantitative estimate of drug-likeness (QED) is 0.467. The second kappa shape index (κ2) is 8.38. The van der Waals surface area contributed by atoms with Crippen molar-refractivity contribution in [2.45, 2.75) is 0 Å². The number of ether oxygens (including phenoxy) is 3. The molecule has 0 aliphatic heterocycles. The lowest BCUT2D eigenvalue weighted by atomic mass is 10.1. The molecule has 0 saturated carbocycles. The number of thiazole rings is 1. The maximum Gasteiger partial charge on any atom is 0.343 e. The zero-order chi connectivity index (χ0) is 21.1. The highest BCUT2D eigenvalue weighted by Gasteiger charge is 2.15. The summed E-state index contributed by atoms with van der Waals surface area (Å²) < 4.78 is 16.2. The fraction of sp³-hybridized carbons (Fsp3) is 0.136. The Kier molecular flexibility index (Phi) is 5.49. The lowest BCUT2D eigenvalue weighted by Crippen LogP contribution is -2.15. The smallest absolute Gasteiger partial charge is 0.343 e. The second-order valence-corrected chi connectivity index (χ2v) is 7.37. The van der Waals surface area contributed by atoms with Crippen molar-refractivity contribution < 1.29 is 23.8 Å². The molecule has 1 N–H and O–H groups in total. The first-order chi connectivity index (χ1) is 14.6. The Morgan fingerprint density at radius 1 is 1.03 bits per heavy atom. The summed E-state index contributed by atoms with van der Waals surface area (Å²) in [7, 11) is 2.75. The van der Waals surface area contributed by atoms with Crippen LogP contribution in [0.4, 0.5) is 5.13 Å². The lowest BCUT2D eigenvalue weighted by molar-refractivity contribution is -0.142. The Hall–Kier alpha value is -3.65. The zero-order valence-electron chi connectivity index (χ0n) is 16.3. The van der Waals surface area contributed by atoms with Gasteiger partial charge in [0.05, 0.1) is 24.4 Å². The highest BCUT2D eigenvalue weighted by molar-refractivity contribution is 7.22. The summed E-state index contributed by atoms with van der Waals surface area (Å²) in [6.07, 6.45) is 0. The fourth-order valence-electron chi connectivity index (χ4n) is 3.01. The summed E-state index contributed by atoms with van der Waals surface area (Å²) in [5, 5.41) is 5.46. The first-order valence-electron chi connectivity index (χ1n) is 9.06. The summed E-state index contributed by atoms with van der Waals surface area (Å²) >= 11 is 1.40. The molecule has 0 aliphatic rings. The van der Waals surface area contributed by atoms with E-state index in [1.165, 1.54) is 31.6 Å². The molecule has 0 radical (unpaired) electrons. The average molecular weight is 422 g/mol. The van der Waals surface area contributed by atoms with Gasteiger partial charge in [0.25, 0.3) is 5.91 Å². The normalized spacial score (nSPS) is 10.7. The third kappa shape index (κ3) is 3.90. The summed E-state index contributed by atoms with van der Waals surface area (Å²) in [5.74, 6) is -0.203. The number of rotatable bonds is 6. The minimum Gasteiger partial charge on any atom is -0.493 e. The molecule has 1 aromatic heterocycles. The minimum atomic E-state index is -0.534. The predicted octanol–water partition coefficient (Wildman–Crippen LogP) is 4.26. The Morgan fingerprint density at radius 3 is 2.67 bits per heavy atom. The van der Waals surface area contributed by atoms with Crippen molar-refractivity contribution in [3.05, 3.63) is 60.2 Å². The number of anilines is 1. The average Bonchev–Trinajstić information content (AvgIpc) is 3.20. The number of nitrogens with zero attached hydrogens (tertiary/aromatic N) is 1. The maximum absolute atomic E-state index is 12.8. The van der Waals surface area contributed by atoms with Gasteiger partial charge in [-0.3, -0.25) is 10.1 Å². The van der Waals surface area contributed by atoms with Gasteiger partial charge in [-0.2, -0.15) is 0 Å². The van der Waals surface area contributed by atoms with Gasteiger partial charge < -0.3 is 14.2 Å². The molecular weight excluding hydrogens is 404 g/mol. The number of esters is 1. The first kappa shape index (κ1) is 19.7. The zero-order valence-corrected chi connectivity index (χ0v) is 17.1. The van der Waals surface area contributed by atoms with Crippen LogP contribution in [0.15, 0.2) is 54.6 Å². The van der Waals surface area contributed by atoms with E-state index >= 15 is 0 Å². The van der Waals surface area contributed by atoms with E-state index in [2.05, 4.69) is 15.0 Å². The Morgan fingerprint density at radius 2 is 1.87 bits per heavy atom. The van der Waals surface area contributed by atoms with Gasteiger partial charge in [0.1, 0.15) is 0 Å². The molecule has 0 atom stereocenters. The third-order valence-electron chi connectivity index (χ3n) is 4.50. The van der Waals surface area contributed by atoms with Gasteiger partial charge >= 0.3 is 5.97 Å². The molecular formula is C22H18N2O5S. The number of methoxy groups -OCH3 is 2. The van der Waals surface area contributed by atoms with E-state index in [-0.39, 0.29) is 18.3 Å². The van der Waals surface area contributed by atoms with Crippen LogP contribution >= 0.6 is 11.3 Å². The number of carbonyl (C=O) groups is 2. The van der Waals surface area contributed by atoms with E-state index in [0.717, 1.165) is 21.0 Å². The summed E-state index contributed by atoms with van der Waals surface area (Å²) in [6.45, 7) is -0.289. The van der Waals surface area contributed by atoms with E-state index < -0.39 is 5.97 Å². The van der Waals surface area contributed by atoms with Gasteiger partial charge in [0, 0.05) is 10.9 Å². The van der Waals surface area contributed by atoms with E-state index in [4.69, 9.17) is 9.47 Å². The molecule has 1 heterocycles. The number of benzene rings is 3. The molecule has 0 aliphatic carbocycles. The molecule has 0 bridgehead atoms.